The minimum absolute atomic E-state index is 0. The van der Waals surface area contributed by atoms with E-state index in [1.165, 1.54) is 50.8 Å². The fourth-order valence-electron chi connectivity index (χ4n) is 7.25. The maximum absolute atomic E-state index is 11.5. The lowest BCUT2D eigenvalue weighted by Gasteiger charge is -2.34. The van der Waals surface area contributed by atoms with E-state index in [9.17, 15) is 68.3 Å². The van der Waals surface area contributed by atoms with Crippen molar-refractivity contribution in [2.24, 2.45) is 0 Å². The molecule has 79 heavy (non-hydrogen) atoms. The Morgan fingerprint density at radius 3 is 1.05 bits per heavy atom. The Balaban J connectivity index is -0.00000136. The molecule has 0 heterocycles. The highest BCUT2D eigenvalue weighted by molar-refractivity contribution is 5.73. The molecular formula is C48H73N9O22. The Hall–Kier alpha value is -8.41. The summed E-state index contributed by atoms with van der Waals surface area (Å²) in [5.41, 5.74) is 7.65. The van der Waals surface area contributed by atoms with Gasteiger partial charge in [-0.05, 0) is 48.9 Å². The molecule has 0 bridgehead atoms. The Kier molecular flexibility index (Phi) is 42.3. The molecule has 0 amide bonds. The van der Waals surface area contributed by atoms with Crippen molar-refractivity contribution in [2.45, 2.75) is 59.5 Å². The number of carbonyl (C=O) groups excluding carboxylic acids is 4. The number of carboxylic acids is 6. The Morgan fingerprint density at radius 2 is 0.797 bits per heavy atom. The maximum atomic E-state index is 11.5. The number of nitro groups is 1. The van der Waals surface area contributed by atoms with E-state index < -0.39 is 85.5 Å². The number of ether oxygens (including phenoxy) is 4. The normalized spacial score (nSPS) is 11.2. The second-order valence-electron chi connectivity index (χ2n) is 16.3. The smallest absolute Gasteiger partial charge is 0.317 e. The number of hydrogen-bond donors (Lipinski definition) is 7. The van der Waals surface area contributed by atoms with Gasteiger partial charge in [-0.25, -0.2) is 9.80 Å². The van der Waals surface area contributed by atoms with Gasteiger partial charge in [-0.3, -0.25) is 77.7 Å². The molecule has 2 atom stereocenters. The third-order valence-corrected chi connectivity index (χ3v) is 10.3. The molecule has 0 fully saturated rings. The number of hydrogen-bond acceptors (Lipinski definition) is 24. The number of anilines is 1. The molecule has 31 heteroatoms. The van der Waals surface area contributed by atoms with Crippen molar-refractivity contribution in [3.05, 3.63) is 69.8 Å². The number of benzene rings is 2. The highest BCUT2D eigenvalue weighted by Crippen LogP contribution is 2.18. The quantitative estimate of drug-likeness (QED) is 0.0116. The monoisotopic (exact) mass is 1130 g/mol. The number of carboxylic acid groups (broad SMARTS) is 6. The second kappa shape index (κ2) is 44.7. The maximum Gasteiger partial charge on any atom is 0.317 e. The number of nitrogens with zero attached hydrogens (tertiary/aromatic N) is 8. The lowest BCUT2D eigenvalue weighted by atomic mass is 10.0. The van der Waals surface area contributed by atoms with Gasteiger partial charge in [0.15, 0.2) is 0 Å². The van der Waals surface area contributed by atoms with Crippen LogP contribution in [0.4, 0.5) is 11.4 Å². The van der Waals surface area contributed by atoms with Crippen LogP contribution in [0.5, 0.6) is 0 Å². The van der Waals surface area contributed by atoms with Crippen LogP contribution in [0.1, 0.15) is 45.7 Å². The van der Waals surface area contributed by atoms with Crippen molar-refractivity contribution >= 4 is 73.1 Å². The molecule has 0 saturated heterocycles. The van der Waals surface area contributed by atoms with E-state index in [-0.39, 0.29) is 138 Å². The van der Waals surface area contributed by atoms with Gasteiger partial charge in [0.2, 0.25) is 0 Å². The molecule has 31 nitrogen and oxygen atoms in total. The molecule has 2 aromatic carbocycles. The molecule has 442 valence electrons. The third kappa shape index (κ3) is 37.9. The van der Waals surface area contributed by atoms with Crippen molar-refractivity contribution in [1.82, 2.24) is 29.4 Å². The van der Waals surface area contributed by atoms with Gasteiger partial charge >= 0.3 is 35.8 Å². The number of nitrogen functional groups attached to an aromatic ring is 1. The summed E-state index contributed by atoms with van der Waals surface area (Å²) in [6, 6.07) is 13.3. The van der Waals surface area contributed by atoms with E-state index in [4.69, 9.17) is 50.4 Å². The second-order valence-corrected chi connectivity index (χ2v) is 16.3. The summed E-state index contributed by atoms with van der Waals surface area (Å²) in [4.78, 5) is 129. The number of nitriles is 1. The molecule has 0 radical (unpaired) electrons. The summed E-state index contributed by atoms with van der Waals surface area (Å²) < 4.78 is 19.3. The zero-order valence-electron chi connectivity index (χ0n) is 42.1. The Morgan fingerprint density at radius 1 is 0.544 bits per heavy atom. The van der Waals surface area contributed by atoms with Gasteiger partial charge in [-0.15, -0.1) is 0 Å². The number of non-ortho nitro benzene ring substituents is 1. The number of nitrogens with two attached hydrogens (primary N) is 1. The Bertz CT molecular complexity index is 2130. The highest BCUT2D eigenvalue weighted by Gasteiger charge is 2.27. The number of aliphatic carboxylic acids is 6. The minimum Gasteiger partial charge on any atom is -0.480 e. The summed E-state index contributed by atoms with van der Waals surface area (Å²) in [5.74, 6) is -7.04. The summed E-state index contributed by atoms with van der Waals surface area (Å²) >= 11 is 0. The van der Waals surface area contributed by atoms with E-state index in [0.29, 0.717) is 17.7 Å². The van der Waals surface area contributed by atoms with E-state index in [1.807, 2.05) is 0 Å². The van der Waals surface area contributed by atoms with Gasteiger partial charge in [-0.2, -0.15) is 5.26 Å². The predicted octanol–water partition coefficient (Wildman–Crippen LogP) is 0.110. The van der Waals surface area contributed by atoms with Gasteiger partial charge in [0, 0.05) is 76.1 Å². The van der Waals surface area contributed by atoms with Crippen LogP contribution < -0.4 is 5.73 Å². The molecule has 0 aliphatic carbocycles. The average molecular weight is 1130 g/mol. The van der Waals surface area contributed by atoms with Crippen LogP contribution in [0.2, 0.25) is 0 Å². The minimum atomic E-state index is -1.21. The zero-order valence-corrected chi connectivity index (χ0v) is 42.1. The summed E-state index contributed by atoms with van der Waals surface area (Å²) in [6.07, 6.45) is 1.08. The van der Waals surface area contributed by atoms with E-state index in [1.54, 1.807) is 40.1 Å². The number of carbonyl (C=O) groups is 10. The standard InChI is InChI=1S/C22H30N4O12.C22H32N4O10.C2H3N.2CH4/c27-15-37-13-25(14-38-16-28)19(8-17-2-4-18(5-3-17)26(35)36)9-23(10-20(29)30)6-1-7-24(11-21(31)32)12-22(33)34;23-18-4-2-17(3-5-18)8-19(26(13-35-15-27)14-36-16-28)9-24(10-20(29)30)6-1-7-25(11-21(31)32)12-22(33)34;1-2-3;;/h2-5,15-16,19H,1,6-14H2,(H,29,30)(H,31,32)(H,33,34);2-5,15-16,19H,1,6-14,23H2,(H,29,30)(H,31,32)(H,33,34);1H3;2*1H4. The SMILES string of the molecule is C.C.CC#N.Nc1ccc(CC(CN(CCCN(CC(=O)O)CC(=O)O)CC(=O)O)N(COC=O)COC=O)cc1.O=COCN(COC=O)C(Cc1ccc([N+](=O)[O-])cc1)CN(CCCN(CC(=O)O)CC(=O)O)CC(=O)O. The van der Waals surface area contributed by atoms with Crippen molar-refractivity contribution < 1.29 is 102 Å². The van der Waals surface area contributed by atoms with Gasteiger partial charge in [-0.1, -0.05) is 39.1 Å². The third-order valence-electron chi connectivity index (χ3n) is 10.3. The first-order valence-corrected chi connectivity index (χ1v) is 22.9. The van der Waals surface area contributed by atoms with Crippen LogP contribution in [0.25, 0.3) is 0 Å². The largest absolute Gasteiger partial charge is 0.480 e. The van der Waals surface area contributed by atoms with Crippen LogP contribution in [0, 0.1) is 21.4 Å². The first kappa shape index (κ1) is 74.8. The van der Waals surface area contributed by atoms with Crippen LogP contribution in [0.15, 0.2) is 48.5 Å². The summed E-state index contributed by atoms with van der Waals surface area (Å²) in [7, 11) is 0. The van der Waals surface area contributed by atoms with Crippen LogP contribution in [-0.4, -0.2) is 244 Å². The van der Waals surface area contributed by atoms with Crippen molar-refractivity contribution in [3.8, 4) is 6.07 Å². The molecule has 2 rings (SSSR count). The molecule has 0 aliphatic rings. The van der Waals surface area contributed by atoms with Gasteiger partial charge in [0.25, 0.3) is 31.6 Å². The average Bonchev–Trinajstić information content (AvgIpc) is 3.34. The van der Waals surface area contributed by atoms with Crippen LogP contribution in [0.3, 0.4) is 0 Å². The molecular weight excluding hydrogens is 1050 g/mol. The van der Waals surface area contributed by atoms with Crippen molar-refractivity contribution in [1.29, 1.82) is 5.26 Å². The molecule has 0 saturated carbocycles. The summed E-state index contributed by atoms with van der Waals surface area (Å²) in [6.45, 7) is -0.777. The van der Waals surface area contributed by atoms with Crippen molar-refractivity contribution in [3.63, 3.8) is 0 Å². The summed E-state index contributed by atoms with van der Waals surface area (Å²) in [5, 5.41) is 73.1. The topological polar surface area (TPSA) is 441 Å². The van der Waals surface area contributed by atoms with Gasteiger partial charge < -0.3 is 55.3 Å². The molecule has 0 spiro atoms. The van der Waals surface area contributed by atoms with Crippen molar-refractivity contribution in [2.75, 3.05) is 111 Å². The zero-order chi connectivity index (χ0) is 58.1. The number of nitro benzene ring substituents is 1. The van der Waals surface area contributed by atoms with Gasteiger partial charge in [0.1, 0.15) is 26.9 Å². The fourth-order valence-corrected chi connectivity index (χ4v) is 7.25. The van der Waals surface area contributed by atoms with E-state index in [0.717, 1.165) is 5.56 Å². The van der Waals surface area contributed by atoms with Crippen LogP contribution >= 0.6 is 0 Å². The molecule has 0 aromatic heterocycles. The highest BCUT2D eigenvalue weighted by atomic mass is 16.6. The fraction of sp³-hybridized carbons (Fsp3) is 0.521. The first-order chi connectivity index (χ1) is 36.6. The van der Waals surface area contributed by atoms with Gasteiger partial charge in [0.05, 0.1) is 50.3 Å². The predicted molar refractivity (Wildman–Crippen MR) is 276 cm³/mol. The molecule has 0 aliphatic heterocycles. The molecule has 8 N–H and O–H groups in total. The lowest BCUT2D eigenvalue weighted by Crippen LogP contribution is -2.48. The Labute approximate surface area is 455 Å². The van der Waals surface area contributed by atoms with E-state index >= 15 is 0 Å². The van der Waals surface area contributed by atoms with Crippen LogP contribution in [-0.2, 0) is 79.7 Å². The first-order valence-electron chi connectivity index (χ1n) is 22.9. The van der Waals surface area contributed by atoms with E-state index in [2.05, 4.69) is 0 Å². The number of rotatable bonds is 43. The lowest BCUT2D eigenvalue weighted by molar-refractivity contribution is -0.384. The molecule has 2 aromatic rings. The molecule has 2 unspecified atom stereocenters.